The molecule has 0 unspecified atom stereocenters. The maximum Gasteiger partial charge on any atom is 0.396 e. The second-order valence-corrected chi connectivity index (χ2v) is 3.58. The van der Waals surface area contributed by atoms with Crippen molar-refractivity contribution in [2.45, 2.75) is 13.8 Å². The zero-order valence-corrected chi connectivity index (χ0v) is 10.2. The molecule has 0 saturated carbocycles. The number of aryl methyl sites for hydroxylation is 1. The summed E-state index contributed by atoms with van der Waals surface area (Å²) < 4.78 is 4.49. The summed E-state index contributed by atoms with van der Waals surface area (Å²) in [4.78, 5) is 37.7. The molecule has 0 aliphatic heterocycles. The van der Waals surface area contributed by atoms with Gasteiger partial charge in [0.25, 0.3) is 0 Å². The highest BCUT2D eigenvalue weighted by atomic mass is 16.5. The van der Waals surface area contributed by atoms with Crippen LogP contribution >= 0.6 is 0 Å². The van der Waals surface area contributed by atoms with Gasteiger partial charge in [-0.25, -0.2) is 4.79 Å². The van der Waals surface area contributed by atoms with Crippen molar-refractivity contribution in [2.24, 2.45) is 0 Å². The smallest absolute Gasteiger partial charge is 0.396 e. The van der Waals surface area contributed by atoms with Gasteiger partial charge in [0.15, 0.2) is 5.78 Å². The molecule has 6 heteroatoms. The van der Waals surface area contributed by atoms with Gasteiger partial charge in [-0.05, 0) is 25.5 Å². The van der Waals surface area contributed by atoms with E-state index < -0.39 is 11.9 Å². The standard InChI is InChI=1S/C12H14N2O4/c1-3-18-12(17)11(16)14-7-10(15)9-4-8(2)5-13-6-9/h4-6H,3,7H2,1-2H3,(H,14,16). The highest BCUT2D eigenvalue weighted by Crippen LogP contribution is 2.01. The molecular weight excluding hydrogens is 236 g/mol. The third kappa shape index (κ3) is 3.97. The van der Waals surface area contributed by atoms with Crippen molar-refractivity contribution in [3.8, 4) is 0 Å². The van der Waals surface area contributed by atoms with Crippen molar-refractivity contribution < 1.29 is 19.1 Å². The number of carbonyl (C=O) groups is 3. The van der Waals surface area contributed by atoms with Crippen LogP contribution in [0.15, 0.2) is 18.5 Å². The topological polar surface area (TPSA) is 85.4 Å². The molecule has 0 fully saturated rings. The normalized spacial score (nSPS) is 9.67. The van der Waals surface area contributed by atoms with Crippen molar-refractivity contribution >= 4 is 17.7 Å². The molecule has 0 aliphatic rings. The molecule has 0 atom stereocenters. The molecule has 0 spiro atoms. The zero-order valence-electron chi connectivity index (χ0n) is 10.2. The Morgan fingerprint density at radius 1 is 1.33 bits per heavy atom. The molecular formula is C12H14N2O4. The van der Waals surface area contributed by atoms with Gasteiger partial charge in [-0.2, -0.15) is 0 Å². The average Bonchev–Trinajstić information content (AvgIpc) is 2.35. The number of carbonyl (C=O) groups excluding carboxylic acids is 3. The monoisotopic (exact) mass is 250 g/mol. The highest BCUT2D eigenvalue weighted by Gasteiger charge is 2.16. The minimum atomic E-state index is -0.993. The summed E-state index contributed by atoms with van der Waals surface area (Å²) in [5, 5.41) is 2.19. The number of rotatable bonds is 4. The van der Waals surface area contributed by atoms with Gasteiger partial charge in [-0.1, -0.05) is 0 Å². The molecule has 1 amide bonds. The maximum atomic E-state index is 11.7. The van der Waals surface area contributed by atoms with Crippen LogP contribution in [0.1, 0.15) is 22.8 Å². The van der Waals surface area contributed by atoms with Crippen LogP contribution in [0.2, 0.25) is 0 Å². The van der Waals surface area contributed by atoms with Crippen molar-refractivity contribution in [1.29, 1.82) is 0 Å². The van der Waals surface area contributed by atoms with E-state index in [2.05, 4.69) is 15.0 Å². The number of ether oxygens (including phenoxy) is 1. The quantitative estimate of drug-likeness (QED) is 0.470. The van der Waals surface area contributed by atoms with Gasteiger partial charge in [-0.3, -0.25) is 14.6 Å². The lowest BCUT2D eigenvalue weighted by Gasteiger charge is -2.04. The predicted molar refractivity (Wildman–Crippen MR) is 62.9 cm³/mol. The van der Waals surface area contributed by atoms with Gasteiger partial charge >= 0.3 is 11.9 Å². The van der Waals surface area contributed by atoms with E-state index in [0.717, 1.165) is 5.56 Å². The van der Waals surface area contributed by atoms with E-state index in [0.29, 0.717) is 5.56 Å². The second-order valence-electron chi connectivity index (χ2n) is 3.58. The van der Waals surface area contributed by atoms with Crippen LogP contribution in [0, 0.1) is 6.92 Å². The molecule has 1 aromatic heterocycles. The van der Waals surface area contributed by atoms with E-state index in [9.17, 15) is 14.4 Å². The lowest BCUT2D eigenvalue weighted by Crippen LogP contribution is -2.36. The third-order valence-corrected chi connectivity index (χ3v) is 2.07. The Balaban J connectivity index is 2.51. The third-order valence-electron chi connectivity index (χ3n) is 2.07. The first-order chi connectivity index (χ1) is 8.54. The molecule has 96 valence electrons. The fraction of sp³-hybridized carbons (Fsp3) is 0.333. The van der Waals surface area contributed by atoms with Crippen molar-refractivity contribution in [3.63, 3.8) is 0 Å². The van der Waals surface area contributed by atoms with Gasteiger partial charge < -0.3 is 10.1 Å². The van der Waals surface area contributed by atoms with Gasteiger partial charge in [0.2, 0.25) is 0 Å². The Labute approximate surface area is 104 Å². The van der Waals surface area contributed by atoms with Crippen LogP contribution in [0.4, 0.5) is 0 Å². The van der Waals surface area contributed by atoms with E-state index in [1.165, 1.54) is 6.20 Å². The molecule has 0 saturated heterocycles. The Bertz CT molecular complexity index is 471. The minimum Gasteiger partial charge on any atom is -0.459 e. The van der Waals surface area contributed by atoms with E-state index >= 15 is 0 Å². The molecule has 0 aromatic carbocycles. The SMILES string of the molecule is CCOC(=O)C(=O)NCC(=O)c1cncc(C)c1. The molecule has 18 heavy (non-hydrogen) atoms. The summed E-state index contributed by atoms with van der Waals surface area (Å²) in [6.07, 6.45) is 3.03. The van der Waals surface area contributed by atoms with E-state index in [-0.39, 0.29) is 18.9 Å². The molecule has 0 aliphatic carbocycles. The van der Waals surface area contributed by atoms with Crippen LogP contribution in [0.3, 0.4) is 0 Å². The minimum absolute atomic E-state index is 0.113. The Hall–Kier alpha value is -2.24. The van der Waals surface area contributed by atoms with E-state index in [1.54, 1.807) is 26.1 Å². The van der Waals surface area contributed by atoms with Crippen LogP contribution < -0.4 is 5.32 Å². The fourth-order valence-electron chi connectivity index (χ4n) is 1.24. The number of nitrogens with one attached hydrogen (secondary N) is 1. The van der Waals surface area contributed by atoms with Crippen LogP contribution in [0.5, 0.6) is 0 Å². The number of hydrogen-bond donors (Lipinski definition) is 1. The molecule has 0 radical (unpaired) electrons. The van der Waals surface area contributed by atoms with Gasteiger partial charge in [0.05, 0.1) is 13.2 Å². The summed E-state index contributed by atoms with van der Waals surface area (Å²) in [5.41, 5.74) is 1.23. The zero-order chi connectivity index (χ0) is 13.5. The molecule has 1 aromatic rings. The predicted octanol–water partition coefficient (Wildman–Crippen LogP) is 0.252. The number of ketones is 1. The number of amides is 1. The lowest BCUT2D eigenvalue weighted by molar-refractivity contribution is -0.154. The molecule has 1 heterocycles. The number of Topliss-reactive ketones (excluding diaryl/α,β-unsaturated/α-hetero) is 1. The number of nitrogens with zero attached hydrogens (tertiary/aromatic N) is 1. The summed E-state index contributed by atoms with van der Waals surface area (Å²) in [5.74, 6) is -2.23. The van der Waals surface area contributed by atoms with Crippen LogP contribution in [-0.4, -0.2) is 35.8 Å². The van der Waals surface area contributed by atoms with Gasteiger partial charge in [0.1, 0.15) is 0 Å². The fourth-order valence-corrected chi connectivity index (χ4v) is 1.24. The number of esters is 1. The molecule has 0 bridgehead atoms. The molecule has 1 rings (SSSR count). The van der Waals surface area contributed by atoms with E-state index in [1.807, 2.05) is 0 Å². The van der Waals surface area contributed by atoms with Gasteiger partial charge in [0, 0.05) is 18.0 Å². The number of aromatic nitrogens is 1. The number of hydrogen-bond acceptors (Lipinski definition) is 5. The highest BCUT2D eigenvalue weighted by molar-refractivity contribution is 6.32. The summed E-state index contributed by atoms with van der Waals surface area (Å²) in [6.45, 7) is 3.25. The van der Waals surface area contributed by atoms with Crippen LogP contribution in [0.25, 0.3) is 0 Å². The first-order valence-electron chi connectivity index (χ1n) is 5.44. The summed E-state index contributed by atoms with van der Waals surface area (Å²) in [6, 6.07) is 1.66. The first-order valence-corrected chi connectivity index (χ1v) is 5.44. The summed E-state index contributed by atoms with van der Waals surface area (Å²) >= 11 is 0. The van der Waals surface area contributed by atoms with E-state index in [4.69, 9.17) is 0 Å². The lowest BCUT2D eigenvalue weighted by atomic mass is 10.1. The Kier molecular flexibility index (Phi) is 4.98. The van der Waals surface area contributed by atoms with Crippen molar-refractivity contribution in [2.75, 3.05) is 13.2 Å². The van der Waals surface area contributed by atoms with Crippen molar-refractivity contribution in [3.05, 3.63) is 29.6 Å². The number of pyridine rings is 1. The molecule has 6 nitrogen and oxygen atoms in total. The van der Waals surface area contributed by atoms with Gasteiger partial charge in [-0.15, -0.1) is 0 Å². The maximum absolute atomic E-state index is 11.7. The molecule has 1 N–H and O–H groups in total. The largest absolute Gasteiger partial charge is 0.459 e. The first kappa shape index (κ1) is 13.8. The summed E-state index contributed by atoms with van der Waals surface area (Å²) in [7, 11) is 0. The Morgan fingerprint density at radius 2 is 2.06 bits per heavy atom. The Morgan fingerprint density at radius 3 is 2.67 bits per heavy atom. The van der Waals surface area contributed by atoms with Crippen molar-refractivity contribution in [1.82, 2.24) is 10.3 Å². The van der Waals surface area contributed by atoms with Crippen LogP contribution in [-0.2, 0) is 14.3 Å². The second kappa shape index (κ2) is 6.48. The average molecular weight is 250 g/mol.